The molecule has 5 heteroatoms. The molecule has 0 aliphatic heterocycles. The first kappa shape index (κ1) is 83.0. The summed E-state index contributed by atoms with van der Waals surface area (Å²) in [6.07, 6.45) is 1.85. The van der Waals surface area contributed by atoms with E-state index in [-0.39, 0.29) is 10.8 Å². The molecule has 0 heterocycles. The summed E-state index contributed by atoms with van der Waals surface area (Å²) in [5.74, 6) is 1.24. The molecule has 0 saturated heterocycles. The normalized spacial score (nSPS) is 11.9. The van der Waals surface area contributed by atoms with Crippen LogP contribution < -0.4 is 8.85 Å². The van der Waals surface area contributed by atoms with Gasteiger partial charge in [-0.05, 0) is 355 Å². The number of hydrogen-bond acceptors (Lipinski definition) is 2. The van der Waals surface area contributed by atoms with Crippen molar-refractivity contribution in [1.29, 1.82) is 0 Å². The molecular formula is C112H114Cl2O2Si. The van der Waals surface area contributed by atoms with Crippen molar-refractivity contribution in [3.63, 3.8) is 0 Å². The second-order valence-electron chi connectivity index (χ2n) is 35.6. The fourth-order valence-corrected chi connectivity index (χ4v) is 21.0. The number of aryl methyl sites for hydroxylation is 16. The molecule has 0 N–H and O–H groups in total. The minimum Gasteiger partial charge on any atom is -0.490 e. The largest absolute Gasteiger partial charge is 0.681 e. The Hall–Kier alpha value is -10.5. The Labute approximate surface area is 709 Å². The Kier molecular flexibility index (Phi) is 23.7. The zero-order valence-corrected chi connectivity index (χ0v) is 75.5. The highest BCUT2D eigenvalue weighted by atomic mass is 35.7. The quantitative estimate of drug-likeness (QED) is 0.0559. The van der Waals surface area contributed by atoms with Gasteiger partial charge in [-0.25, -0.2) is 0 Å². The molecule has 0 aliphatic carbocycles. The second kappa shape index (κ2) is 33.5. The first-order valence-corrected chi connectivity index (χ1v) is 45.6. The number of rotatable bonds is 20. The van der Waals surface area contributed by atoms with Gasteiger partial charge in [0.2, 0.25) is 0 Å². The fraction of sp³-hybridized carbons (Fsp3) is 0.250. The van der Waals surface area contributed by atoms with Crippen LogP contribution in [0.15, 0.2) is 243 Å². The predicted molar refractivity (Wildman–Crippen MR) is 505 cm³/mol. The molecule has 0 unspecified atom stereocenters. The highest BCUT2D eigenvalue weighted by Gasteiger charge is 2.44. The van der Waals surface area contributed by atoms with Crippen LogP contribution in [0, 0.1) is 111 Å². The van der Waals surface area contributed by atoms with Gasteiger partial charge in [0.25, 0.3) is 0 Å². The highest BCUT2D eigenvalue weighted by Crippen LogP contribution is 2.51. The summed E-state index contributed by atoms with van der Waals surface area (Å²) in [4.78, 5) is 0. The van der Waals surface area contributed by atoms with E-state index in [2.05, 4.69) is 395 Å². The van der Waals surface area contributed by atoms with Gasteiger partial charge in [-0.1, -0.05) is 306 Å². The van der Waals surface area contributed by atoms with Gasteiger partial charge < -0.3 is 8.85 Å². The summed E-state index contributed by atoms with van der Waals surface area (Å²) >= 11 is 17.5. The Morgan fingerprint density at radius 1 is 0.214 bits per heavy atom. The van der Waals surface area contributed by atoms with Crippen molar-refractivity contribution in [2.24, 2.45) is 0 Å². The fourth-order valence-electron chi connectivity index (χ4n) is 19.1. The third-order valence-electron chi connectivity index (χ3n) is 24.8. The average molecular weight is 1590 g/mol. The molecule has 0 aromatic heterocycles. The molecule has 0 fully saturated rings. The molecular weight excluding hydrogens is 1480 g/mol. The van der Waals surface area contributed by atoms with E-state index in [1.54, 1.807) is 0 Å². The lowest BCUT2D eigenvalue weighted by atomic mass is 9.79. The summed E-state index contributed by atoms with van der Waals surface area (Å²) in [6.45, 7) is 50.0. The minimum absolute atomic E-state index is 0.345. The topological polar surface area (TPSA) is 18.5 Å². The molecule has 0 saturated carbocycles. The van der Waals surface area contributed by atoms with Crippen LogP contribution in [0.2, 0.25) is 0 Å². The molecule has 0 aliphatic rings. The Morgan fingerprint density at radius 2 is 0.342 bits per heavy atom. The van der Waals surface area contributed by atoms with Crippen molar-refractivity contribution in [3.8, 4) is 101 Å². The van der Waals surface area contributed by atoms with E-state index < -0.39 is 7.18 Å². The first-order valence-electron chi connectivity index (χ1n) is 41.8. The minimum atomic E-state index is -4.72. The summed E-state index contributed by atoms with van der Waals surface area (Å²) < 4.78 is 16.4. The van der Waals surface area contributed by atoms with Crippen molar-refractivity contribution in [1.82, 2.24) is 0 Å². The van der Waals surface area contributed by atoms with Crippen LogP contribution >= 0.6 is 22.2 Å². The molecule has 14 aromatic carbocycles. The van der Waals surface area contributed by atoms with Crippen LogP contribution in [0.1, 0.15) is 186 Å². The molecule has 0 spiro atoms. The smallest absolute Gasteiger partial charge is 0.490 e. The Morgan fingerprint density at radius 3 is 0.470 bits per heavy atom. The monoisotopic (exact) mass is 1590 g/mol. The van der Waals surface area contributed by atoms with Crippen LogP contribution in [0.3, 0.4) is 0 Å². The number of hydrogen-bond donors (Lipinski definition) is 0. The van der Waals surface area contributed by atoms with Crippen molar-refractivity contribution in [3.05, 3.63) is 387 Å². The van der Waals surface area contributed by atoms with Crippen molar-refractivity contribution < 1.29 is 8.85 Å². The maximum absolute atomic E-state index is 8.77. The molecule has 592 valence electrons. The predicted octanol–water partition coefficient (Wildman–Crippen LogP) is 31.3. The molecule has 14 rings (SSSR count). The van der Waals surface area contributed by atoms with Crippen molar-refractivity contribution in [2.45, 2.75) is 189 Å². The zero-order chi connectivity index (χ0) is 83.4. The van der Waals surface area contributed by atoms with E-state index in [1.165, 1.54) is 211 Å². The summed E-state index contributed by atoms with van der Waals surface area (Å²) in [5, 5.41) is 0. The first-order chi connectivity index (χ1) is 55.7. The van der Waals surface area contributed by atoms with E-state index >= 15 is 0 Å². The van der Waals surface area contributed by atoms with Crippen LogP contribution in [0.4, 0.5) is 0 Å². The van der Waals surface area contributed by atoms with Crippen LogP contribution in [-0.2, 0) is 36.5 Å². The van der Waals surface area contributed by atoms with Gasteiger partial charge in [-0.15, -0.1) is 0 Å². The van der Waals surface area contributed by atoms with Crippen molar-refractivity contribution >= 4 is 29.3 Å². The maximum atomic E-state index is 8.77. The lowest BCUT2D eigenvalue weighted by Gasteiger charge is -2.31. The van der Waals surface area contributed by atoms with Crippen LogP contribution in [0.5, 0.6) is 11.5 Å². The van der Waals surface area contributed by atoms with Gasteiger partial charge in [-0.2, -0.15) is 0 Å². The van der Waals surface area contributed by atoms with E-state index in [1.807, 2.05) is 0 Å². The van der Waals surface area contributed by atoms with E-state index in [9.17, 15) is 0 Å². The average Bonchev–Trinajstić information content (AvgIpc) is 0.752. The van der Waals surface area contributed by atoms with E-state index in [4.69, 9.17) is 31.0 Å². The zero-order valence-electron chi connectivity index (χ0n) is 73.0. The van der Waals surface area contributed by atoms with Gasteiger partial charge in [0.15, 0.2) is 0 Å². The van der Waals surface area contributed by atoms with Gasteiger partial charge in [0.1, 0.15) is 11.5 Å². The SMILES string of the molecule is Cc1cccc(C)c1-c1cccc(-c2c(C)cccc2C)c1Cc1cc(C(C)(C)C)cc(Cc2c(-c3c(C)cccc3C)cccc2-c2c(C)cccc2C)c1O[Si](Cl)(Cl)Oc1c(Cc2c(-c3c(C)cccc3C)cccc2-c2c(C)cccc2C)cc(C(C)(C)C)cc1Cc1c(-c2c(C)cccc2C)cccc1-c1c(C)cccc1C. The molecule has 2 nitrogen and oxygen atoms in total. The van der Waals surface area contributed by atoms with E-state index in [0.717, 1.165) is 22.3 Å². The molecule has 0 atom stereocenters. The molecule has 0 bridgehead atoms. The lowest BCUT2D eigenvalue weighted by molar-refractivity contribution is 0.425. The summed E-state index contributed by atoms with van der Waals surface area (Å²) in [5.41, 5.74) is 48.7. The van der Waals surface area contributed by atoms with Gasteiger partial charge in [-0.3, -0.25) is 0 Å². The van der Waals surface area contributed by atoms with Gasteiger partial charge in [0.05, 0.1) is 0 Å². The standard InChI is InChI=1S/C112H114Cl2O2Si/c1-67-35-23-36-68(2)101(67)89-51-31-52-90(102-69(3)37-24-38-70(102)4)97(89)63-83-59-87(111(17,18)19)60-84(64-98-91(103-71(5)39-25-40-72(103)6)53-32-54-92(98)104-73(7)41-26-42-74(104)8)109(83)115-117(113,114)116-110-85(65-99-93(105-75(9)43-27-44-76(105)10)55-33-56-94(99)106-77(11)45-28-46-78(106)12)61-88(112(20,21)22)62-86(110)66-100-95(107-79(13)47-29-48-80(107)14)57-34-58-96(100)108-81(15)49-30-50-82(108)16/h23-62H,63-66H2,1-22H3. The third-order valence-corrected chi connectivity index (χ3v) is 26.6. The summed E-state index contributed by atoms with van der Waals surface area (Å²) in [6, 6.07) is 90.7. The summed E-state index contributed by atoms with van der Waals surface area (Å²) in [7, 11) is -4.72. The van der Waals surface area contributed by atoms with Crippen LogP contribution in [-0.4, -0.2) is 7.18 Å². The lowest BCUT2D eigenvalue weighted by Crippen LogP contribution is -2.38. The van der Waals surface area contributed by atoms with Gasteiger partial charge in [0, 0.05) is 25.7 Å². The maximum Gasteiger partial charge on any atom is 0.681 e. The van der Waals surface area contributed by atoms with Crippen LogP contribution in [0.25, 0.3) is 89.0 Å². The third kappa shape index (κ3) is 16.8. The Balaban J connectivity index is 1.10. The number of halogens is 2. The number of benzene rings is 14. The molecule has 0 amide bonds. The molecule has 14 aromatic rings. The molecule has 117 heavy (non-hydrogen) atoms. The Bertz CT molecular complexity index is 5040. The van der Waals surface area contributed by atoms with Gasteiger partial charge >= 0.3 is 7.18 Å². The van der Waals surface area contributed by atoms with Crippen molar-refractivity contribution in [2.75, 3.05) is 0 Å². The van der Waals surface area contributed by atoms with E-state index in [0.29, 0.717) is 37.2 Å². The molecule has 0 radical (unpaired) electrons. The second-order valence-corrected chi connectivity index (χ2v) is 40.5. The highest BCUT2D eigenvalue weighted by molar-refractivity contribution is 7.39.